The lowest BCUT2D eigenvalue weighted by Gasteiger charge is -2.45. The van der Waals surface area contributed by atoms with E-state index in [0.717, 1.165) is 66.8 Å². The lowest BCUT2D eigenvalue weighted by molar-refractivity contribution is -0.130. The van der Waals surface area contributed by atoms with Crippen molar-refractivity contribution in [2.24, 2.45) is 0 Å². The van der Waals surface area contributed by atoms with Crippen LogP contribution in [0.25, 0.3) is 10.2 Å². The molecule has 1 aromatic heterocycles. The highest BCUT2D eigenvalue weighted by atomic mass is 32.1. The number of thiazole rings is 1. The predicted octanol–water partition coefficient (Wildman–Crippen LogP) is 1.29. The van der Waals surface area contributed by atoms with Crippen molar-refractivity contribution in [1.82, 2.24) is 31.2 Å². The number of aliphatic hydroxyl groups is 1. The molecule has 1 saturated carbocycles. The third-order valence-electron chi connectivity index (χ3n) is 7.17. The van der Waals surface area contributed by atoms with E-state index in [2.05, 4.69) is 39.3 Å². The maximum Gasteiger partial charge on any atom is 0.235 e. The number of carbonyl (C=O) groups is 1. The summed E-state index contributed by atoms with van der Waals surface area (Å²) in [7, 11) is 2.07. The maximum atomic E-state index is 13.5. The Morgan fingerprint density at radius 3 is 2.75 bits per heavy atom. The molecule has 3 fully saturated rings. The number of aromatic nitrogens is 1. The van der Waals surface area contributed by atoms with Crippen LogP contribution in [0.4, 0.5) is 0 Å². The van der Waals surface area contributed by atoms with Crippen LogP contribution in [0, 0.1) is 0 Å². The summed E-state index contributed by atoms with van der Waals surface area (Å²) in [5.74, 6) is -0.371. The van der Waals surface area contributed by atoms with Crippen LogP contribution in [0.15, 0.2) is 24.3 Å². The monoisotopic (exact) mass is 458 g/mol. The molecule has 2 saturated heterocycles. The average Bonchev–Trinajstić information content (AvgIpc) is 3.23. The third kappa shape index (κ3) is 4.69. The van der Waals surface area contributed by atoms with Crippen molar-refractivity contribution in [3.63, 3.8) is 0 Å². The van der Waals surface area contributed by atoms with E-state index >= 15 is 0 Å². The number of hydrogen-bond acceptors (Lipinski definition) is 8. The molecule has 0 bridgehead atoms. The lowest BCUT2D eigenvalue weighted by Crippen LogP contribution is -2.71. The second-order valence-electron chi connectivity index (χ2n) is 9.39. The number of piperidine rings is 1. The van der Waals surface area contributed by atoms with Gasteiger partial charge in [-0.15, -0.1) is 11.3 Å². The molecule has 174 valence electrons. The second kappa shape index (κ2) is 9.70. The van der Waals surface area contributed by atoms with Crippen molar-refractivity contribution in [3.05, 3.63) is 29.3 Å². The molecule has 2 aliphatic heterocycles. The fourth-order valence-electron chi connectivity index (χ4n) is 5.25. The molecular weight excluding hydrogens is 424 g/mol. The first-order valence-electron chi connectivity index (χ1n) is 11.9. The van der Waals surface area contributed by atoms with Crippen LogP contribution in [0.1, 0.15) is 49.5 Å². The Kier molecular flexibility index (Phi) is 6.73. The SMILES string of the molecule is CN(C1CCC(O)CC1)C1NC(=O)C(c2nc3ccccc3s2)C(NC2CCCNC2)N1. The number of fused-ring (bicyclic) bond motifs is 1. The average molecular weight is 459 g/mol. The smallest absolute Gasteiger partial charge is 0.235 e. The van der Waals surface area contributed by atoms with Crippen LogP contribution >= 0.6 is 11.3 Å². The van der Waals surface area contributed by atoms with Crippen LogP contribution in [-0.4, -0.2) is 71.7 Å². The Morgan fingerprint density at radius 1 is 1.19 bits per heavy atom. The largest absolute Gasteiger partial charge is 0.393 e. The zero-order valence-corrected chi connectivity index (χ0v) is 19.4. The minimum Gasteiger partial charge on any atom is -0.393 e. The topological polar surface area (TPSA) is 102 Å². The van der Waals surface area contributed by atoms with Gasteiger partial charge in [0.2, 0.25) is 5.91 Å². The fraction of sp³-hybridized carbons (Fsp3) is 0.652. The molecule has 3 aliphatic rings. The first-order valence-corrected chi connectivity index (χ1v) is 12.7. The van der Waals surface area contributed by atoms with Crippen LogP contribution < -0.4 is 21.3 Å². The number of rotatable bonds is 5. The van der Waals surface area contributed by atoms with Crippen molar-refractivity contribution in [3.8, 4) is 0 Å². The van der Waals surface area contributed by atoms with Gasteiger partial charge in [0.05, 0.1) is 22.5 Å². The van der Waals surface area contributed by atoms with Crippen LogP contribution in [0.5, 0.6) is 0 Å². The lowest BCUT2D eigenvalue weighted by atomic mass is 9.92. The standard InChI is InChI=1S/C23H34N6O2S/c1-29(15-8-10-16(30)11-9-15)23-27-20(25-14-5-4-12-24-13-14)19(21(31)28-23)22-26-17-6-2-3-7-18(17)32-22/h2-3,6-7,14-16,19-20,23-25,27,30H,4-5,8-13H2,1H3,(H,28,31). The Bertz CT molecular complexity index is 891. The van der Waals surface area contributed by atoms with Crippen molar-refractivity contribution in [2.45, 2.75) is 75.1 Å². The van der Waals surface area contributed by atoms with E-state index in [1.807, 2.05) is 18.2 Å². The molecule has 9 heteroatoms. The minimum absolute atomic E-state index is 0.0109. The summed E-state index contributed by atoms with van der Waals surface area (Å²) >= 11 is 1.60. The molecule has 1 aromatic carbocycles. The second-order valence-corrected chi connectivity index (χ2v) is 10.5. The van der Waals surface area contributed by atoms with Crippen molar-refractivity contribution in [2.75, 3.05) is 20.1 Å². The molecule has 1 aliphatic carbocycles. The normalized spacial score (nSPS) is 34.0. The predicted molar refractivity (Wildman–Crippen MR) is 126 cm³/mol. The van der Waals surface area contributed by atoms with Gasteiger partial charge in [0.15, 0.2) is 0 Å². The summed E-state index contributed by atoms with van der Waals surface area (Å²) in [4.78, 5) is 20.5. The number of para-hydroxylation sites is 1. The maximum absolute atomic E-state index is 13.5. The molecule has 0 spiro atoms. The van der Waals surface area contributed by atoms with Gasteiger partial charge >= 0.3 is 0 Å². The van der Waals surface area contributed by atoms with Crippen LogP contribution in [0.3, 0.4) is 0 Å². The number of benzene rings is 1. The first-order chi connectivity index (χ1) is 15.6. The summed E-state index contributed by atoms with van der Waals surface area (Å²) in [6.45, 7) is 1.96. The van der Waals surface area contributed by atoms with E-state index < -0.39 is 0 Å². The molecule has 5 N–H and O–H groups in total. The van der Waals surface area contributed by atoms with Crippen molar-refractivity contribution >= 4 is 27.5 Å². The fourth-order valence-corrected chi connectivity index (χ4v) is 6.35. The van der Waals surface area contributed by atoms with Gasteiger partial charge in [-0.1, -0.05) is 12.1 Å². The van der Waals surface area contributed by atoms with Gasteiger partial charge in [0.1, 0.15) is 17.2 Å². The van der Waals surface area contributed by atoms with Crippen LogP contribution in [-0.2, 0) is 4.79 Å². The van der Waals surface area contributed by atoms with Crippen LogP contribution in [0.2, 0.25) is 0 Å². The van der Waals surface area contributed by atoms with Gasteiger partial charge in [-0.05, 0) is 64.3 Å². The van der Waals surface area contributed by atoms with Gasteiger partial charge in [-0.2, -0.15) is 0 Å². The molecule has 8 nitrogen and oxygen atoms in total. The summed E-state index contributed by atoms with van der Waals surface area (Å²) in [5, 5.41) is 24.8. The summed E-state index contributed by atoms with van der Waals surface area (Å²) in [6.07, 6.45) is 5.12. The highest BCUT2D eigenvalue weighted by molar-refractivity contribution is 7.18. The van der Waals surface area contributed by atoms with Gasteiger partial charge in [0.25, 0.3) is 0 Å². The minimum atomic E-state index is -0.382. The van der Waals surface area contributed by atoms with Crippen molar-refractivity contribution in [1.29, 1.82) is 0 Å². The highest BCUT2D eigenvalue weighted by Gasteiger charge is 2.42. The van der Waals surface area contributed by atoms with E-state index in [-0.39, 0.29) is 30.4 Å². The Balaban J connectivity index is 1.38. The van der Waals surface area contributed by atoms with E-state index in [1.165, 1.54) is 0 Å². The molecule has 1 amide bonds. The summed E-state index contributed by atoms with van der Waals surface area (Å²) in [6, 6.07) is 8.73. The van der Waals surface area contributed by atoms with Gasteiger partial charge in [0, 0.05) is 18.6 Å². The zero-order chi connectivity index (χ0) is 22.1. The zero-order valence-electron chi connectivity index (χ0n) is 18.6. The molecule has 0 radical (unpaired) electrons. The number of aliphatic hydroxyl groups excluding tert-OH is 1. The molecule has 3 heterocycles. The van der Waals surface area contributed by atoms with E-state index in [1.54, 1.807) is 11.3 Å². The molecule has 4 unspecified atom stereocenters. The summed E-state index contributed by atoms with van der Waals surface area (Å²) in [5.41, 5.74) is 0.943. The Hall–Kier alpha value is -1.62. The van der Waals surface area contributed by atoms with Gasteiger partial charge in [-0.3, -0.25) is 20.3 Å². The quantitative estimate of drug-likeness (QED) is 0.460. The number of amides is 1. The molecular formula is C23H34N6O2S. The number of nitrogens with one attached hydrogen (secondary N) is 4. The number of nitrogens with zero attached hydrogens (tertiary/aromatic N) is 2. The molecule has 5 rings (SSSR count). The van der Waals surface area contributed by atoms with Crippen molar-refractivity contribution < 1.29 is 9.90 Å². The highest BCUT2D eigenvalue weighted by Crippen LogP contribution is 2.32. The van der Waals surface area contributed by atoms with E-state index in [9.17, 15) is 9.90 Å². The third-order valence-corrected chi connectivity index (χ3v) is 8.29. The Labute approximate surface area is 193 Å². The van der Waals surface area contributed by atoms with Gasteiger partial charge < -0.3 is 15.7 Å². The Morgan fingerprint density at radius 2 is 2.00 bits per heavy atom. The molecule has 32 heavy (non-hydrogen) atoms. The molecule has 2 aromatic rings. The van der Waals surface area contributed by atoms with Gasteiger partial charge in [-0.25, -0.2) is 4.98 Å². The number of carbonyl (C=O) groups excluding carboxylic acids is 1. The first kappa shape index (κ1) is 22.2. The molecule has 4 atom stereocenters. The van der Waals surface area contributed by atoms with E-state index in [4.69, 9.17) is 4.98 Å². The van der Waals surface area contributed by atoms with E-state index in [0.29, 0.717) is 12.1 Å². The number of hydrogen-bond donors (Lipinski definition) is 5. The summed E-state index contributed by atoms with van der Waals surface area (Å²) < 4.78 is 1.10.